The van der Waals surface area contributed by atoms with E-state index < -0.39 is 29.6 Å². The molecule has 13 heteroatoms. The van der Waals surface area contributed by atoms with Gasteiger partial charge >= 0.3 is 12.4 Å². The largest absolute Gasteiger partial charge is 0.435 e. The fourth-order valence-electron chi connectivity index (χ4n) is 2.35. The lowest BCUT2D eigenvalue weighted by Crippen LogP contribution is -2.14. The molecule has 1 amide bonds. The summed E-state index contributed by atoms with van der Waals surface area (Å²) in [5.74, 6) is -0.636. The first-order chi connectivity index (χ1) is 13.9. The smallest absolute Gasteiger partial charge is 0.322 e. The SMILES string of the molecule is O=C(Nc1ccc(-n2nc(C(F)(F)F)cc2C(F)(F)F)cc1)c1cnc(Cl)c(Cl)c1. The summed E-state index contributed by atoms with van der Waals surface area (Å²) in [4.78, 5) is 15.9. The molecule has 2 heterocycles. The zero-order valence-corrected chi connectivity index (χ0v) is 15.8. The van der Waals surface area contributed by atoms with Crippen molar-refractivity contribution in [3.8, 4) is 5.69 Å². The van der Waals surface area contributed by atoms with Gasteiger partial charge in [-0.3, -0.25) is 4.79 Å². The number of carbonyl (C=O) groups is 1. The van der Waals surface area contributed by atoms with Gasteiger partial charge in [0.25, 0.3) is 5.91 Å². The first kappa shape index (κ1) is 21.9. The maximum absolute atomic E-state index is 13.1. The van der Waals surface area contributed by atoms with Crippen LogP contribution in [0.4, 0.5) is 32.0 Å². The van der Waals surface area contributed by atoms with Crippen LogP contribution in [-0.4, -0.2) is 20.7 Å². The lowest BCUT2D eigenvalue weighted by Gasteiger charge is -2.11. The molecule has 1 aromatic carbocycles. The molecule has 30 heavy (non-hydrogen) atoms. The molecule has 0 spiro atoms. The second kappa shape index (κ2) is 7.80. The number of carbonyl (C=O) groups excluding carboxylic acids is 1. The molecule has 0 bridgehead atoms. The van der Waals surface area contributed by atoms with Crippen LogP contribution in [0.15, 0.2) is 42.6 Å². The summed E-state index contributed by atoms with van der Waals surface area (Å²) in [6.45, 7) is 0. The van der Waals surface area contributed by atoms with Crippen molar-refractivity contribution in [2.24, 2.45) is 0 Å². The van der Waals surface area contributed by atoms with Crippen molar-refractivity contribution in [2.75, 3.05) is 5.32 Å². The maximum atomic E-state index is 13.1. The van der Waals surface area contributed by atoms with E-state index in [0.29, 0.717) is 0 Å². The summed E-state index contributed by atoms with van der Waals surface area (Å²) in [6, 6.07) is 5.74. The van der Waals surface area contributed by atoms with Gasteiger partial charge in [-0.25, -0.2) is 9.67 Å². The average Bonchev–Trinajstić information content (AvgIpc) is 3.11. The van der Waals surface area contributed by atoms with E-state index in [1.165, 1.54) is 18.2 Å². The summed E-state index contributed by atoms with van der Waals surface area (Å²) < 4.78 is 77.9. The van der Waals surface area contributed by atoms with Crippen LogP contribution >= 0.6 is 23.2 Å². The number of pyridine rings is 1. The van der Waals surface area contributed by atoms with Crippen molar-refractivity contribution in [3.63, 3.8) is 0 Å². The highest BCUT2D eigenvalue weighted by Crippen LogP contribution is 2.36. The van der Waals surface area contributed by atoms with Crippen LogP contribution in [0.1, 0.15) is 21.7 Å². The molecular weight excluding hydrogens is 461 g/mol. The van der Waals surface area contributed by atoms with Crippen LogP contribution in [0.25, 0.3) is 5.69 Å². The number of hydrogen-bond acceptors (Lipinski definition) is 3. The topological polar surface area (TPSA) is 59.8 Å². The highest BCUT2D eigenvalue weighted by atomic mass is 35.5. The molecule has 3 rings (SSSR count). The van der Waals surface area contributed by atoms with E-state index >= 15 is 0 Å². The Bertz CT molecular complexity index is 1090. The number of rotatable bonds is 3. The quantitative estimate of drug-likeness (QED) is 0.386. The fraction of sp³-hybridized carbons (Fsp3) is 0.118. The number of anilines is 1. The number of amides is 1. The van der Waals surface area contributed by atoms with E-state index in [0.717, 1.165) is 18.3 Å². The summed E-state index contributed by atoms with van der Waals surface area (Å²) in [6.07, 6.45) is -8.95. The first-order valence-electron chi connectivity index (χ1n) is 7.83. The standard InChI is InChI=1S/C17H8Cl2F6N4O/c18-11-5-8(7-26-14(11)19)15(30)27-9-1-3-10(4-2-9)29-13(17(23,24)25)6-12(28-29)16(20,21)22/h1-7H,(H,27,30). The van der Waals surface area contributed by atoms with E-state index in [9.17, 15) is 31.1 Å². The molecule has 0 fully saturated rings. The zero-order chi connectivity index (χ0) is 22.3. The molecule has 3 aromatic rings. The zero-order valence-electron chi connectivity index (χ0n) is 14.3. The Morgan fingerprint density at radius 1 is 0.967 bits per heavy atom. The number of hydrogen-bond donors (Lipinski definition) is 1. The van der Waals surface area contributed by atoms with Gasteiger partial charge in [0, 0.05) is 18.0 Å². The molecule has 0 aliphatic heterocycles. The lowest BCUT2D eigenvalue weighted by atomic mass is 10.2. The van der Waals surface area contributed by atoms with Crippen LogP contribution in [0.3, 0.4) is 0 Å². The Labute approximate surface area is 174 Å². The Morgan fingerprint density at radius 2 is 1.60 bits per heavy atom. The van der Waals surface area contributed by atoms with E-state index in [1.54, 1.807) is 0 Å². The lowest BCUT2D eigenvalue weighted by molar-refractivity contribution is -0.143. The van der Waals surface area contributed by atoms with Crippen LogP contribution in [-0.2, 0) is 12.4 Å². The van der Waals surface area contributed by atoms with E-state index in [4.69, 9.17) is 23.2 Å². The van der Waals surface area contributed by atoms with Gasteiger partial charge < -0.3 is 5.32 Å². The van der Waals surface area contributed by atoms with Crippen LogP contribution in [0, 0.1) is 0 Å². The fourth-order valence-corrected chi connectivity index (χ4v) is 2.62. The molecule has 0 aliphatic carbocycles. The number of aromatic nitrogens is 3. The van der Waals surface area contributed by atoms with Gasteiger partial charge in [-0.05, 0) is 30.3 Å². The molecule has 0 unspecified atom stereocenters. The second-order valence-corrected chi connectivity index (χ2v) is 6.58. The van der Waals surface area contributed by atoms with Crippen molar-refractivity contribution in [1.29, 1.82) is 0 Å². The summed E-state index contributed by atoms with van der Waals surface area (Å²) in [5.41, 5.74) is -3.33. The predicted molar refractivity (Wildman–Crippen MR) is 95.8 cm³/mol. The number of nitrogens with one attached hydrogen (secondary N) is 1. The van der Waals surface area contributed by atoms with Gasteiger partial charge in [-0.1, -0.05) is 23.2 Å². The van der Waals surface area contributed by atoms with Gasteiger partial charge in [-0.15, -0.1) is 0 Å². The third kappa shape index (κ3) is 4.68. The molecule has 0 saturated carbocycles. The van der Waals surface area contributed by atoms with Crippen molar-refractivity contribution >= 4 is 34.8 Å². The minimum atomic E-state index is -5.07. The number of benzene rings is 1. The number of nitrogens with zero attached hydrogens (tertiary/aromatic N) is 3. The highest BCUT2D eigenvalue weighted by Gasteiger charge is 2.42. The highest BCUT2D eigenvalue weighted by molar-refractivity contribution is 6.41. The van der Waals surface area contributed by atoms with Crippen molar-refractivity contribution in [3.05, 3.63) is 69.7 Å². The van der Waals surface area contributed by atoms with E-state index in [2.05, 4.69) is 15.4 Å². The van der Waals surface area contributed by atoms with E-state index in [-0.39, 0.29) is 37.9 Å². The molecular formula is C17H8Cl2F6N4O. The Morgan fingerprint density at radius 3 is 2.13 bits per heavy atom. The van der Waals surface area contributed by atoms with Crippen molar-refractivity contribution in [1.82, 2.24) is 14.8 Å². The maximum Gasteiger partial charge on any atom is 0.435 e. The number of alkyl halides is 6. The van der Waals surface area contributed by atoms with Gasteiger partial charge in [-0.2, -0.15) is 31.4 Å². The minimum Gasteiger partial charge on any atom is -0.322 e. The minimum absolute atomic E-state index is 0.00418. The molecule has 0 saturated heterocycles. The van der Waals surface area contributed by atoms with E-state index in [1.807, 2.05) is 0 Å². The Kier molecular flexibility index (Phi) is 5.70. The Hall–Kier alpha value is -2.79. The molecule has 0 aliphatic rings. The second-order valence-electron chi connectivity index (χ2n) is 5.82. The van der Waals surface area contributed by atoms with Crippen LogP contribution < -0.4 is 5.32 Å². The molecule has 0 radical (unpaired) electrons. The third-order valence-corrected chi connectivity index (χ3v) is 4.40. The number of halogens is 8. The predicted octanol–water partition coefficient (Wildman–Crippen LogP) is 5.86. The monoisotopic (exact) mass is 468 g/mol. The summed E-state index contributed by atoms with van der Waals surface area (Å²) in [5, 5.41) is 5.50. The third-order valence-electron chi connectivity index (χ3n) is 3.72. The van der Waals surface area contributed by atoms with Crippen molar-refractivity contribution < 1.29 is 31.1 Å². The van der Waals surface area contributed by atoms with Gasteiger partial charge in [0.1, 0.15) is 10.8 Å². The average molecular weight is 469 g/mol. The Balaban J connectivity index is 1.88. The van der Waals surface area contributed by atoms with Gasteiger partial charge in [0.05, 0.1) is 16.3 Å². The molecule has 2 aromatic heterocycles. The summed E-state index contributed by atoms with van der Waals surface area (Å²) in [7, 11) is 0. The van der Waals surface area contributed by atoms with Crippen LogP contribution in [0.5, 0.6) is 0 Å². The van der Waals surface area contributed by atoms with Gasteiger partial charge in [0.2, 0.25) is 0 Å². The molecule has 158 valence electrons. The normalized spacial score (nSPS) is 12.1. The van der Waals surface area contributed by atoms with Crippen LogP contribution in [0.2, 0.25) is 10.2 Å². The molecule has 5 nitrogen and oxygen atoms in total. The summed E-state index contributed by atoms with van der Waals surface area (Å²) >= 11 is 11.4. The molecule has 0 atom stereocenters. The van der Waals surface area contributed by atoms with Crippen molar-refractivity contribution in [2.45, 2.75) is 12.4 Å². The first-order valence-corrected chi connectivity index (χ1v) is 8.59. The van der Waals surface area contributed by atoms with Gasteiger partial charge in [0.15, 0.2) is 5.69 Å². The molecule has 1 N–H and O–H groups in total.